The Hall–Kier alpha value is -1.13. The van der Waals surface area contributed by atoms with Crippen LogP contribution in [0.5, 0.6) is 0 Å². The van der Waals surface area contributed by atoms with Gasteiger partial charge >= 0.3 is 0 Å². The summed E-state index contributed by atoms with van der Waals surface area (Å²) in [6.45, 7) is 4.78. The van der Waals surface area contributed by atoms with Crippen LogP contribution in [0.4, 0.5) is 4.39 Å². The van der Waals surface area contributed by atoms with Crippen molar-refractivity contribution in [1.29, 1.82) is 0 Å². The summed E-state index contributed by atoms with van der Waals surface area (Å²) in [5.74, 6) is 0.834. The minimum Gasteiger partial charge on any atom is -0.356 e. The highest BCUT2D eigenvalue weighted by Gasteiger charge is 2.25. The molecule has 1 fully saturated rings. The third kappa shape index (κ3) is 2.54. The van der Waals surface area contributed by atoms with E-state index in [0.717, 1.165) is 43.6 Å². The van der Waals surface area contributed by atoms with Gasteiger partial charge in [-0.1, -0.05) is 5.16 Å². The summed E-state index contributed by atoms with van der Waals surface area (Å²) in [7, 11) is 0. The number of fused-ring (bicyclic) bond motifs is 1. The number of aryl methyl sites for hydroxylation is 1. The van der Waals surface area contributed by atoms with Crippen LogP contribution in [0.2, 0.25) is 0 Å². The molecule has 108 valence electrons. The van der Waals surface area contributed by atoms with E-state index in [4.69, 9.17) is 16.1 Å². The summed E-state index contributed by atoms with van der Waals surface area (Å²) in [5.41, 5.74) is 2.17. The zero-order valence-corrected chi connectivity index (χ0v) is 12.3. The Labute approximate surface area is 122 Å². The molecule has 20 heavy (non-hydrogen) atoms. The molecule has 2 heterocycles. The van der Waals surface area contributed by atoms with E-state index in [-0.39, 0.29) is 5.82 Å². The van der Waals surface area contributed by atoms with Crippen LogP contribution in [0.1, 0.15) is 30.0 Å². The Morgan fingerprint density at radius 2 is 2.15 bits per heavy atom. The molecule has 3 nitrogen and oxygen atoms in total. The number of likely N-dealkylation sites (tertiary alicyclic amines) is 1. The van der Waals surface area contributed by atoms with E-state index < -0.39 is 0 Å². The molecule has 3 rings (SSSR count). The summed E-state index contributed by atoms with van der Waals surface area (Å²) in [5, 5.41) is 5.14. The summed E-state index contributed by atoms with van der Waals surface area (Å²) in [6, 6.07) is 3.28. The molecule has 0 bridgehead atoms. The highest BCUT2D eigenvalue weighted by Crippen LogP contribution is 2.33. The third-order valence-electron chi connectivity index (χ3n) is 4.15. The SMILES string of the molecule is Cc1cc2c(C3CCN(CCCl)CC3)noc2cc1F. The van der Waals surface area contributed by atoms with Crippen molar-refractivity contribution in [3.05, 3.63) is 29.2 Å². The molecular formula is C15H18ClFN2O. The number of hydrogen-bond donors (Lipinski definition) is 0. The average molecular weight is 297 g/mol. The standard InChI is InChI=1S/C15H18ClFN2O/c1-10-8-12-14(9-13(10)17)20-18-15(12)11-2-5-19(6-3-11)7-4-16/h8-9,11H,2-7H2,1H3. The van der Waals surface area contributed by atoms with Gasteiger partial charge in [-0.3, -0.25) is 0 Å². The first kappa shape index (κ1) is 13.8. The quantitative estimate of drug-likeness (QED) is 0.809. The highest BCUT2D eigenvalue weighted by molar-refractivity contribution is 6.18. The molecule has 0 spiro atoms. The molecule has 5 heteroatoms. The van der Waals surface area contributed by atoms with Gasteiger partial charge in [-0.2, -0.15) is 0 Å². The molecule has 0 atom stereocenters. The van der Waals surface area contributed by atoms with Gasteiger partial charge in [0.05, 0.1) is 5.69 Å². The van der Waals surface area contributed by atoms with E-state index in [1.54, 1.807) is 6.92 Å². The molecular weight excluding hydrogens is 279 g/mol. The molecule has 0 aliphatic carbocycles. The fourth-order valence-electron chi connectivity index (χ4n) is 2.93. The second-order valence-electron chi connectivity index (χ2n) is 5.47. The zero-order valence-electron chi connectivity index (χ0n) is 11.5. The topological polar surface area (TPSA) is 29.3 Å². The van der Waals surface area contributed by atoms with Gasteiger partial charge in [0.1, 0.15) is 5.82 Å². The summed E-state index contributed by atoms with van der Waals surface area (Å²) in [4.78, 5) is 2.37. The molecule has 2 aromatic rings. The van der Waals surface area contributed by atoms with Crippen LogP contribution in [0.25, 0.3) is 11.0 Å². The number of halogens is 2. The van der Waals surface area contributed by atoms with E-state index in [1.165, 1.54) is 6.07 Å². The fourth-order valence-corrected chi connectivity index (χ4v) is 3.17. The van der Waals surface area contributed by atoms with Crippen molar-refractivity contribution in [3.63, 3.8) is 0 Å². The normalized spacial score (nSPS) is 17.9. The maximum Gasteiger partial charge on any atom is 0.170 e. The molecule has 1 aliphatic rings. The summed E-state index contributed by atoms with van der Waals surface area (Å²) < 4.78 is 18.8. The Kier molecular flexibility index (Phi) is 3.94. The van der Waals surface area contributed by atoms with Gasteiger partial charge in [0.15, 0.2) is 5.58 Å². The lowest BCUT2D eigenvalue weighted by molar-refractivity contribution is 0.220. The Morgan fingerprint density at radius 3 is 2.85 bits per heavy atom. The molecule has 1 saturated heterocycles. The smallest absolute Gasteiger partial charge is 0.170 e. The maximum absolute atomic E-state index is 13.5. The highest BCUT2D eigenvalue weighted by atomic mass is 35.5. The number of nitrogens with zero attached hydrogens (tertiary/aromatic N) is 2. The Balaban J connectivity index is 1.83. The van der Waals surface area contributed by atoms with Crippen LogP contribution in [0.15, 0.2) is 16.7 Å². The lowest BCUT2D eigenvalue weighted by Crippen LogP contribution is -2.34. The van der Waals surface area contributed by atoms with Crippen molar-refractivity contribution in [2.75, 3.05) is 25.5 Å². The molecule has 0 N–H and O–H groups in total. The van der Waals surface area contributed by atoms with Gasteiger partial charge < -0.3 is 9.42 Å². The Morgan fingerprint density at radius 1 is 1.40 bits per heavy atom. The summed E-state index contributed by atoms with van der Waals surface area (Å²) in [6.07, 6.45) is 2.10. The molecule has 1 aliphatic heterocycles. The van der Waals surface area contributed by atoms with Crippen LogP contribution in [-0.2, 0) is 0 Å². The minimum absolute atomic E-state index is 0.239. The Bertz CT molecular complexity index is 605. The number of alkyl halides is 1. The molecule has 0 radical (unpaired) electrons. The van der Waals surface area contributed by atoms with E-state index in [0.29, 0.717) is 22.9 Å². The minimum atomic E-state index is -0.239. The van der Waals surface area contributed by atoms with E-state index >= 15 is 0 Å². The van der Waals surface area contributed by atoms with Gasteiger partial charge in [-0.25, -0.2) is 4.39 Å². The molecule has 0 amide bonds. The number of aromatic nitrogens is 1. The lowest BCUT2D eigenvalue weighted by Gasteiger charge is -2.30. The number of piperidine rings is 1. The second kappa shape index (κ2) is 5.70. The number of benzene rings is 1. The van der Waals surface area contributed by atoms with Crippen molar-refractivity contribution in [2.45, 2.75) is 25.7 Å². The van der Waals surface area contributed by atoms with Crippen LogP contribution < -0.4 is 0 Å². The maximum atomic E-state index is 13.5. The van der Waals surface area contributed by atoms with Crippen molar-refractivity contribution in [3.8, 4) is 0 Å². The number of rotatable bonds is 3. The van der Waals surface area contributed by atoms with Crippen molar-refractivity contribution >= 4 is 22.6 Å². The first-order chi connectivity index (χ1) is 9.69. The number of hydrogen-bond acceptors (Lipinski definition) is 3. The molecule has 0 unspecified atom stereocenters. The van der Waals surface area contributed by atoms with Crippen molar-refractivity contribution in [2.24, 2.45) is 0 Å². The van der Waals surface area contributed by atoms with Crippen LogP contribution in [0, 0.1) is 12.7 Å². The lowest BCUT2D eigenvalue weighted by atomic mass is 9.91. The van der Waals surface area contributed by atoms with E-state index in [2.05, 4.69) is 10.1 Å². The average Bonchev–Trinajstić information content (AvgIpc) is 2.83. The first-order valence-corrected chi connectivity index (χ1v) is 7.56. The van der Waals surface area contributed by atoms with Gasteiger partial charge in [0.2, 0.25) is 0 Å². The predicted molar refractivity (Wildman–Crippen MR) is 77.8 cm³/mol. The zero-order chi connectivity index (χ0) is 14.1. The first-order valence-electron chi connectivity index (χ1n) is 7.03. The molecule has 0 saturated carbocycles. The fraction of sp³-hybridized carbons (Fsp3) is 0.533. The molecule has 1 aromatic heterocycles. The summed E-state index contributed by atoms with van der Waals surface area (Å²) >= 11 is 5.78. The monoisotopic (exact) mass is 296 g/mol. The van der Waals surface area contributed by atoms with Crippen molar-refractivity contribution < 1.29 is 8.91 Å². The van der Waals surface area contributed by atoms with Crippen LogP contribution in [-0.4, -0.2) is 35.6 Å². The van der Waals surface area contributed by atoms with E-state index in [1.807, 2.05) is 6.07 Å². The van der Waals surface area contributed by atoms with Gasteiger partial charge in [0, 0.05) is 29.8 Å². The largest absolute Gasteiger partial charge is 0.356 e. The molecule has 1 aromatic carbocycles. The van der Waals surface area contributed by atoms with Gasteiger partial charge in [0.25, 0.3) is 0 Å². The van der Waals surface area contributed by atoms with Crippen molar-refractivity contribution in [1.82, 2.24) is 10.1 Å². The second-order valence-corrected chi connectivity index (χ2v) is 5.85. The van der Waals surface area contributed by atoms with Gasteiger partial charge in [-0.05, 0) is 44.5 Å². The van der Waals surface area contributed by atoms with E-state index in [9.17, 15) is 4.39 Å². The van der Waals surface area contributed by atoms with Gasteiger partial charge in [-0.15, -0.1) is 11.6 Å². The predicted octanol–water partition coefficient (Wildman–Crippen LogP) is 3.69. The van der Waals surface area contributed by atoms with Crippen LogP contribution in [0.3, 0.4) is 0 Å². The van der Waals surface area contributed by atoms with Crippen LogP contribution >= 0.6 is 11.6 Å². The third-order valence-corrected chi connectivity index (χ3v) is 4.32.